The van der Waals surface area contributed by atoms with Crippen LogP contribution in [0.4, 0.5) is 5.69 Å². The van der Waals surface area contributed by atoms with Crippen LogP contribution in [0.15, 0.2) is 34.1 Å². The van der Waals surface area contributed by atoms with E-state index >= 15 is 0 Å². The highest BCUT2D eigenvalue weighted by molar-refractivity contribution is 14.1. The molecule has 0 saturated heterocycles. The van der Waals surface area contributed by atoms with Crippen molar-refractivity contribution < 1.29 is 4.79 Å². The molecule has 2 aromatic heterocycles. The lowest BCUT2D eigenvalue weighted by atomic mass is 10.2. The van der Waals surface area contributed by atoms with Crippen LogP contribution in [0.5, 0.6) is 0 Å². The summed E-state index contributed by atoms with van der Waals surface area (Å²) >= 11 is 2.19. The smallest absolute Gasteiger partial charge is 0.328 e. The van der Waals surface area contributed by atoms with Crippen LogP contribution in [0.25, 0.3) is 11.2 Å². The molecule has 0 aliphatic heterocycles. The minimum absolute atomic E-state index is 0.278. The molecule has 8 nitrogen and oxygen atoms in total. The minimum Gasteiger partial charge on any atom is -0.328 e. The molecule has 1 amide bonds. The number of fused-ring (bicyclic) bond motifs is 1. The van der Waals surface area contributed by atoms with E-state index in [0.717, 1.165) is 13.7 Å². The summed E-state index contributed by atoms with van der Waals surface area (Å²) in [6.07, 6.45) is 1.46. The van der Waals surface area contributed by atoms with Crippen LogP contribution in [0.2, 0.25) is 0 Å². The van der Waals surface area contributed by atoms with Gasteiger partial charge in [0, 0.05) is 23.4 Å². The molecule has 0 spiro atoms. The summed E-state index contributed by atoms with van der Waals surface area (Å²) in [5.74, 6) is -0.440. The highest BCUT2D eigenvalue weighted by Crippen LogP contribution is 2.17. The zero-order chi connectivity index (χ0) is 18.3. The van der Waals surface area contributed by atoms with Gasteiger partial charge in [-0.3, -0.25) is 14.2 Å². The molecule has 3 rings (SSSR count). The van der Waals surface area contributed by atoms with Crippen LogP contribution in [-0.4, -0.2) is 24.6 Å². The van der Waals surface area contributed by atoms with Gasteiger partial charge in [0.05, 0.1) is 6.33 Å². The van der Waals surface area contributed by atoms with Gasteiger partial charge in [0.25, 0.3) is 5.56 Å². The number of nitrogens with one attached hydrogen (secondary N) is 1. The molecule has 9 heteroatoms. The van der Waals surface area contributed by atoms with Crippen molar-refractivity contribution in [3.63, 3.8) is 0 Å². The molecule has 0 saturated carbocycles. The van der Waals surface area contributed by atoms with Crippen molar-refractivity contribution in [2.75, 3.05) is 5.32 Å². The van der Waals surface area contributed by atoms with E-state index in [0.29, 0.717) is 11.3 Å². The predicted octanol–water partition coefficient (Wildman–Crippen LogP) is 0.985. The standard InChI is InChI=1S/C16H16IN5O3/c1-9-6-10(17)4-5-11(9)19-12(23)7-22-15(24)13-14(18-8-20(13)2)21(3)16(22)25/h4-6,8H,7H2,1-3H3,(H,19,23). The van der Waals surface area contributed by atoms with E-state index in [1.807, 2.05) is 19.1 Å². The fourth-order valence-corrected chi connectivity index (χ4v) is 3.28. The normalized spacial score (nSPS) is 11.0. The largest absolute Gasteiger partial charge is 0.332 e. The SMILES string of the molecule is Cc1cc(I)ccc1NC(=O)Cn1c(=O)c2c(ncn2C)n(C)c1=O. The average molecular weight is 453 g/mol. The van der Waals surface area contributed by atoms with Crippen LogP contribution in [0.3, 0.4) is 0 Å². The van der Waals surface area contributed by atoms with Gasteiger partial charge in [0.15, 0.2) is 11.2 Å². The molecule has 0 bridgehead atoms. The number of aryl methyl sites for hydroxylation is 3. The van der Waals surface area contributed by atoms with Crippen LogP contribution in [0, 0.1) is 10.5 Å². The molecular weight excluding hydrogens is 437 g/mol. The van der Waals surface area contributed by atoms with Crippen molar-refractivity contribution in [2.45, 2.75) is 13.5 Å². The van der Waals surface area contributed by atoms with Crippen LogP contribution >= 0.6 is 22.6 Å². The Bertz CT molecular complexity index is 1110. The molecule has 0 unspecified atom stereocenters. The van der Waals surface area contributed by atoms with Crippen LogP contribution in [-0.2, 0) is 25.4 Å². The zero-order valence-corrected chi connectivity index (χ0v) is 16.1. The Morgan fingerprint density at radius 1 is 1.28 bits per heavy atom. The summed E-state index contributed by atoms with van der Waals surface area (Å²) in [7, 11) is 3.19. The first-order chi connectivity index (χ1) is 11.8. The number of carbonyl (C=O) groups is 1. The number of hydrogen-bond donors (Lipinski definition) is 1. The molecule has 0 radical (unpaired) electrons. The first-order valence-electron chi connectivity index (χ1n) is 7.46. The highest BCUT2D eigenvalue weighted by atomic mass is 127. The molecule has 0 aliphatic rings. The number of hydrogen-bond acceptors (Lipinski definition) is 4. The predicted molar refractivity (Wildman–Crippen MR) is 103 cm³/mol. The lowest BCUT2D eigenvalue weighted by Gasteiger charge is -2.11. The Kier molecular flexibility index (Phi) is 4.50. The van der Waals surface area contributed by atoms with Gasteiger partial charge in [0.2, 0.25) is 5.91 Å². The molecule has 0 fully saturated rings. The van der Waals surface area contributed by atoms with E-state index in [1.54, 1.807) is 13.1 Å². The molecular formula is C16H16IN5O3. The maximum atomic E-state index is 12.6. The second kappa shape index (κ2) is 6.47. The van der Waals surface area contributed by atoms with Crippen molar-refractivity contribution >= 4 is 45.3 Å². The van der Waals surface area contributed by atoms with Crippen LogP contribution < -0.4 is 16.6 Å². The van der Waals surface area contributed by atoms with Gasteiger partial charge in [-0.05, 0) is 53.3 Å². The molecule has 3 aromatic rings. The number of carbonyl (C=O) groups excluding carboxylic acids is 1. The van der Waals surface area contributed by atoms with E-state index in [4.69, 9.17) is 0 Å². The third-order valence-electron chi connectivity index (χ3n) is 3.97. The summed E-state index contributed by atoms with van der Waals surface area (Å²) < 4.78 is 4.77. The fraction of sp³-hybridized carbons (Fsp3) is 0.250. The lowest BCUT2D eigenvalue weighted by Crippen LogP contribution is -2.42. The van der Waals surface area contributed by atoms with Gasteiger partial charge in [-0.25, -0.2) is 14.3 Å². The quantitative estimate of drug-likeness (QED) is 0.599. The van der Waals surface area contributed by atoms with E-state index < -0.39 is 17.2 Å². The number of nitrogens with zero attached hydrogens (tertiary/aromatic N) is 4. The average Bonchev–Trinajstić information content (AvgIpc) is 2.94. The van der Waals surface area contributed by atoms with E-state index in [-0.39, 0.29) is 12.1 Å². The van der Waals surface area contributed by atoms with Gasteiger partial charge in [-0.1, -0.05) is 0 Å². The topological polar surface area (TPSA) is 90.9 Å². The maximum Gasteiger partial charge on any atom is 0.332 e. The summed E-state index contributed by atoms with van der Waals surface area (Å²) in [4.78, 5) is 41.4. The van der Waals surface area contributed by atoms with Gasteiger partial charge < -0.3 is 9.88 Å². The van der Waals surface area contributed by atoms with Crippen molar-refractivity contribution in [1.29, 1.82) is 0 Å². The maximum absolute atomic E-state index is 12.6. The van der Waals surface area contributed by atoms with Gasteiger partial charge in [-0.2, -0.15) is 0 Å². The molecule has 130 valence electrons. The first-order valence-corrected chi connectivity index (χ1v) is 8.54. The summed E-state index contributed by atoms with van der Waals surface area (Å²) in [5, 5.41) is 2.74. The molecule has 2 heterocycles. The van der Waals surface area contributed by atoms with Crippen molar-refractivity contribution in [2.24, 2.45) is 14.1 Å². The third-order valence-corrected chi connectivity index (χ3v) is 4.64. The second-order valence-electron chi connectivity index (χ2n) is 5.77. The van der Waals surface area contributed by atoms with Crippen molar-refractivity contribution in [3.05, 3.63) is 54.5 Å². The molecule has 0 atom stereocenters. The van der Waals surface area contributed by atoms with E-state index in [9.17, 15) is 14.4 Å². The van der Waals surface area contributed by atoms with E-state index in [2.05, 4.69) is 32.9 Å². The van der Waals surface area contributed by atoms with Crippen LogP contribution in [0.1, 0.15) is 5.56 Å². The monoisotopic (exact) mass is 453 g/mol. The Hall–Kier alpha value is -2.43. The molecule has 1 aromatic carbocycles. The Labute approximate surface area is 156 Å². The number of amides is 1. The number of anilines is 1. The first kappa shape index (κ1) is 17.4. The van der Waals surface area contributed by atoms with Gasteiger partial charge >= 0.3 is 5.69 Å². The molecule has 1 N–H and O–H groups in total. The number of rotatable bonds is 3. The fourth-order valence-electron chi connectivity index (χ4n) is 2.64. The summed E-state index contributed by atoms with van der Waals surface area (Å²) in [6, 6.07) is 5.60. The Balaban J connectivity index is 1.98. The number of benzene rings is 1. The minimum atomic E-state index is -0.578. The van der Waals surface area contributed by atoms with Gasteiger partial charge in [0.1, 0.15) is 6.54 Å². The summed E-state index contributed by atoms with van der Waals surface area (Å²) in [5.41, 5.74) is 1.01. The van der Waals surface area contributed by atoms with E-state index in [1.165, 1.54) is 22.5 Å². The highest BCUT2D eigenvalue weighted by Gasteiger charge is 2.17. The summed E-state index contributed by atoms with van der Waals surface area (Å²) in [6.45, 7) is 1.52. The molecule has 0 aliphatic carbocycles. The zero-order valence-electron chi connectivity index (χ0n) is 13.9. The van der Waals surface area contributed by atoms with Gasteiger partial charge in [-0.15, -0.1) is 0 Å². The Morgan fingerprint density at radius 2 is 2.00 bits per heavy atom. The van der Waals surface area contributed by atoms with Crippen molar-refractivity contribution in [1.82, 2.24) is 18.7 Å². The number of aromatic nitrogens is 4. The lowest BCUT2D eigenvalue weighted by molar-refractivity contribution is -0.116. The second-order valence-corrected chi connectivity index (χ2v) is 7.01. The molecule has 25 heavy (non-hydrogen) atoms. The third kappa shape index (κ3) is 3.11. The Morgan fingerprint density at radius 3 is 2.68 bits per heavy atom. The number of imidazole rings is 1. The number of halogens is 1. The van der Waals surface area contributed by atoms with Crippen molar-refractivity contribution in [3.8, 4) is 0 Å².